The van der Waals surface area contributed by atoms with Gasteiger partial charge in [0.25, 0.3) is 5.91 Å². The molecule has 0 radical (unpaired) electrons. The molecule has 6 heteroatoms. The third-order valence-corrected chi connectivity index (χ3v) is 5.76. The van der Waals surface area contributed by atoms with Crippen molar-refractivity contribution in [2.45, 2.75) is 59.2 Å². The summed E-state index contributed by atoms with van der Waals surface area (Å²) in [5, 5.41) is 3.02. The van der Waals surface area contributed by atoms with Crippen LogP contribution in [-0.2, 0) is 16.1 Å². The molecule has 0 heterocycles. The molecule has 0 fully saturated rings. The van der Waals surface area contributed by atoms with Crippen molar-refractivity contribution in [1.29, 1.82) is 0 Å². The molecule has 1 N–H and O–H groups in total. The SMILES string of the molecule is CC[C@H](C(=O)N[C@@H](C)CC)N(Cc1ccc(C)cc1)C(=O)COc1ccc(I)cc1. The Bertz CT molecular complexity index is 821. The summed E-state index contributed by atoms with van der Waals surface area (Å²) in [5.74, 6) is 0.304. The minimum atomic E-state index is -0.548. The lowest BCUT2D eigenvalue weighted by Gasteiger charge is -2.31. The van der Waals surface area contributed by atoms with Gasteiger partial charge in [-0.3, -0.25) is 9.59 Å². The summed E-state index contributed by atoms with van der Waals surface area (Å²) in [7, 11) is 0. The maximum atomic E-state index is 13.1. The number of aryl methyl sites for hydroxylation is 1. The number of nitrogens with zero attached hydrogens (tertiary/aromatic N) is 1. The van der Waals surface area contributed by atoms with Crippen molar-refractivity contribution < 1.29 is 14.3 Å². The molecule has 2 amide bonds. The van der Waals surface area contributed by atoms with Crippen LogP contribution in [0, 0.1) is 10.5 Å². The van der Waals surface area contributed by atoms with Gasteiger partial charge < -0.3 is 15.0 Å². The number of halogens is 1. The Kier molecular flexibility index (Phi) is 9.62. The van der Waals surface area contributed by atoms with E-state index in [1.54, 1.807) is 4.90 Å². The van der Waals surface area contributed by atoms with E-state index in [0.717, 1.165) is 21.1 Å². The van der Waals surface area contributed by atoms with Gasteiger partial charge in [0.2, 0.25) is 5.91 Å². The normalized spacial score (nSPS) is 12.7. The maximum Gasteiger partial charge on any atom is 0.261 e. The van der Waals surface area contributed by atoms with Gasteiger partial charge in [-0.25, -0.2) is 0 Å². The van der Waals surface area contributed by atoms with Crippen LogP contribution in [0.15, 0.2) is 48.5 Å². The minimum Gasteiger partial charge on any atom is -0.484 e. The van der Waals surface area contributed by atoms with Crippen LogP contribution in [0.1, 0.15) is 44.7 Å². The third-order valence-electron chi connectivity index (χ3n) is 5.04. The van der Waals surface area contributed by atoms with Crippen molar-refractivity contribution in [3.8, 4) is 5.75 Å². The number of nitrogens with one attached hydrogen (secondary N) is 1. The number of rotatable bonds is 10. The first-order valence-electron chi connectivity index (χ1n) is 10.4. The molecule has 2 rings (SSSR count). The molecular weight excluding hydrogens is 491 g/mol. The van der Waals surface area contributed by atoms with Gasteiger partial charge in [-0.2, -0.15) is 0 Å². The molecule has 5 nitrogen and oxygen atoms in total. The second kappa shape index (κ2) is 11.9. The van der Waals surface area contributed by atoms with E-state index >= 15 is 0 Å². The predicted octanol–water partition coefficient (Wildman–Crippen LogP) is 4.70. The van der Waals surface area contributed by atoms with Crippen LogP contribution in [0.2, 0.25) is 0 Å². The maximum absolute atomic E-state index is 13.1. The molecule has 0 aliphatic rings. The van der Waals surface area contributed by atoms with Crippen molar-refractivity contribution >= 4 is 34.4 Å². The fraction of sp³-hybridized carbons (Fsp3) is 0.417. The second-order valence-corrected chi connectivity index (χ2v) is 8.74. The van der Waals surface area contributed by atoms with Gasteiger partial charge in [-0.1, -0.05) is 43.7 Å². The molecule has 30 heavy (non-hydrogen) atoms. The predicted molar refractivity (Wildman–Crippen MR) is 128 cm³/mol. The van der Waals surface area contributed by atoms with E-state index in [0.29, 0.717) is 18.7 Å². The van der Waals surface area contributed by atoms with Gasteiger partial charge in [-0.15, -0.1) is 0 Å². The number of carbonyl (C=O) groups is 2. The zero-order valence-corrected chi connectivity index (χ0v) is 20.3. The van der Waals surface area contributed by atoms with Gasteiger partial charge in [0.05, 0.1) is 0 Å². The van der Waals surface area contributed by atoms with E-state index in [4.69, 9.17) is 4.74 Å². The molecule has 2 atom stereocenters. The van der Waals surface area contributed by atoms with Crippen molar-refractivity contribution in [3.63, 3.8) is 0 Å². The van der Waals surface area contributed by atoms with Gasteiger partial charge in [-0.05, 0) is 79.1 Å². The van der Waals surface area contributed by atoms with Crippen LogP contribution >= 0.6 is 22.6 Å². The molecule has 0 unspecified atom stereocenters. The summed E-state index contributed by atoms with van der Waals surface area (Å²) in [6.45, 7) is 8.19. The highest BCUT2D eigenvalue weighted by Crippen LogP contribution is 2.16. The Hall–Kier alpha value is -2.09. The smallest absolute Gasteiger partial charge is 0.261 e. The number of hydrogen-bond donors (Lipinski definition) is 1. The summed E-state index contributed by atoms with van der Waals surface area (Å²) in [5.41, 5.74) is 2.14. The highest BCUT2D eigenvalue weighted by atomic mass is 127. The van der Waals surface area contributed by atoms with Gasteiger partial charge >= 0.3 is 0 Å². The molecule has 0 saturated heterocycles. The Morgan fingerprint density at radius 1 is 1.03 bits per heavy atom. The average Bonchev–Trinajstić information content (AvgIpc) is 2.74. The van der Waals surface area contributed by atoms with Crippen LogP contribution in [-0.4, -0.2) is 35.4 Å². The summed E-state index contributed by atoms with van der Waals surface area (Å²) in [4.78, 5) is 27.7. The van der Waals surface area contributed by atoms with Crippen LogP contribution in [0.5, 0.6) is 5.75 Å². The van der Waals surface area contributed by atoms with E-state index in [2.05, 4.69) is 27.9 Å². The lowest BCUT2D eigenvalue weighted by atomic mass is 10.1. The third kappa shape index (κ3) is 7.31. The minimum absolute atomic E-state index is 0.0610. The van der Waals surface area contributed by atoms with E-state index in [9.17, 15) is 9.59 Å². The fourth-order valence-electron chi connectivity index (χ4n) is 3.01. The van der Waals surface area contributed by atoms with E-state index in [1.165, 1.54) is 0 Å². The molecule has 0 spiro atoms. The van der Waals surface area contributed by atoms with Crippen molar-refractivity contribution in [1.82, 2.24) is 10.2 Å². The molecule has 0 aromatic heterocycles. The van der Waals surface area contributed by atoms with Crippen LogP contribution in [0.3, 0.4) is 0 Å². The molecule has 0 aliphatic carbocycles. The number of amides is 2. The lowest BCUT2D eigenvalue weighted by molar-refractivity contribution is -0.143. The highest BCUT2D eigenvalue weighted by molar-refractivity contribution is 14.1. The first-order valence-corrected chi connectivity index (χ1v) is 11.5. The van der Waals surface area contributed by atoms with E-state index in [1.807, 2.05) is 76.2 Å². The van der Waals surface area contributed by atoms with Crippen molar-refractivity contribution in [3.05, 3.63) is 63.2 Å². The monoisotopic (exact) mass is 522 g/mol. The van der Waals surface area contributed by atoms with Crippen LogP contribution in [0.4, 0.5) is 0 Å². The molecule has 2 aromatic rings. The molecular formula is C24H31IN2O3. The highest BCUT2D eigenvalue weighted by Gasteiger charge is 2.29. The molecule has 0 bridgehead atoms. The van der Waals surface area contributed by atoms with E-state index < -0.39 is 6.04 Å². The second-order valence-electron chi connectivity index (χ2n) is 7.49. The number of ether oxygens (including phenoxy) is 1. The van der Waals surface area contributed by atoms with Crippen LogP contribution in [0.25, 0.3) is 0 Å². The zero-order valence-electron chi connectivity index (χ0n) is 18.2. The van der Waals surface area contributed by atoms with Crippen molar-refractivity contribution in [2.75, 3.05) is 6.61 Å². The molecule has 0 aliphatic heterocycles. The fourth-order valence-corrected chi connectivity index (χ4v) is 3.37. The van der Waals surface area contributed by atoms with Crippen LogP contribution < -0.4 is 10.1 Å². The summed E-state index contributed by atoms with van der Waals surface area (Å²) < 4.78 is 6.81. The average molecular weight is 522 g/mol. The number of benzene rings is 2. The van der Waals surface area contributed by atoms with Gasteiger partial charge in [0.1, 0.15) is 11.8 Å². The standard InChI is InChI=1S/C24H31IN2O3/c1-5-18(4)26-24(29)22(6-2)27(15-19-9-7-17(3)8-10-19)23(28)16-30-21-13-11-20(25)12-14-21/h7-14,18,22H,5-6,15-16H2,1-4H3,(H,26,29)/t18-,22+/m0/s1. The zero-order chi connectivity index (χ0) is 22.1. The lowest BCUT2D eigenvalue weighted by Crippen LogP contribution is -2.51. The topological polar surface area (TPSA) is 58.6 Å². The van der Waals surface area contributed by atoms with Crippen molar-refractivity contribution in [2.24, 2.45) is 0 Å². The number of carbonyl (C=O) groups excluding carboxylic acids is 2. The Morgan fingerprint density at radius 3 is 2.23 bits per heavy atom. The Labute approximate surface area is 193 Å². The number of hydrogen-bond acceptors (Lipinski definition) is 3. The molecule has 162 valence electrons. The molecule has 2 aromatic carbocycles. The first kappa shape index (κ1) is 24.2. The molecule has 0 saturated carbocycles. The Balaban J connectivity index is 2.19. The summed E-state index contributed by atoms with van der Waals surface area (Å²) in [6, 6.07) is 15.1. The largest absolute Gasteiger partial charge is 0.484 e. The summed E-state index contributed by atoms with van der Waals surface area (Å²) in [6.07, 6.45) is 1.37. The van der Waals surface area contributed by atoms with Gasteiger partial charge in [0, 0.05) is 16.2 Å². The van der Waals surface area contributed by atoms with E-state index in [-0.39, 0.29) is 24.5 Å². The quantitative estimate of drug-likeness (QED) is 0.461. The first-order chi connectivity index (χ1) is 14.3. The Morgan fingerprint density at radius 2 is 1.67 bits per heavy atom. The van der Waals surface area contributed by atoms with Gasteiger partial charge in [0.15, 0.2) is 6.61 Å². The summed E-state index contributed by atoms with van der Waals surface area (Å²) >= 11 is 2.22.